The predicted octanol–water partition coefficient (Wildman–Crippen LogP) is 6.79. The lowest BCUT2D eigenvalue weighted by molar-refractivity contribution is 0.0204. The number of benzene rings is 2. The first-order valence-electron chi connectivity index (χ1n) is 11.2. The Morgan fingerprint density at radius 2 is 2.00 bits per heavy atom. The Bertz CT molecular complexity index is 1250. The Hall–Kier alpha value is -3.24. The van der Waals surface area contributed by atoms with Crippen LogP contribution in [0.5, 0.6) is 5.75 Å². The second-order valence-corrected chi connectivity index (χ2v) is 9.74. The molecular weight excluding hydrogens is 459 g/mol. The molecule has 0 radical (unpaired) electrons. The van der Waals surface area contributed by atoms with Gasteiger partial charge in [-0.2, -0.15) is 5.26 Å². The molecule has 0 spiro atoms. The molecule has 34 heavy (non-hydrogen) atoms. The highest BCUT2D eigenvalue weighted by Gasteiger charge is 2.29. The SMILES string of the molecule is CC(C)(C)OC(=O)N1CCC(c2cccc(F)c2OCc2ccc(C#N)c3cc(Cl)oc23)CC1. The first-order valence-corrected chi connectivity index (χ1v) is 11.5. The minimum absolute atomic E-state index is 0.0448. The molecule has 0 N–H and O–H groups in total. The number of likely N-dealkylation sites (tertiary alicyclic amines) is 1. The van der Waals surface area contributed by atoms with Crippen molar-refractivity contribution in [1.29, 1.82) is 5.26 Å². The molecule has 0 aliphatic carbocycles. The summed E-state index contributed by atoms with van der Waals surface area (Å²) in [4.78, 5) is 14.1. The molecule has 0 bridgehead atoms. The van der Waals surface area contributed by atoms with E-state index in [0.29, 0.717) is 48.0 Å². The van der Waals surface area contributed by atoms with Crippen molar-refractivity contribution in [1.82, 2.24) is 4.90 Å². The topological polar surface area (TPSA) is 75.7 Å². The number of piperidine rings is 1. The van der Waals surface area contributed by atoms with Gasteiger partial charge in [0, 0.05) is 35.7 Å². The summed E-state index contributed by atoms with van der Waals surface area (Å²) in [6.45, 7) is 6.62. The lowest BCUT2D eigenvalue weighted by Gasteiger charge is -2.34. The van der Waals surface area contributed by atoms with Crippen molar-refractivity contribution < 1.29 is 23.1 Å². The largest absolute Gasteiger partial charge is 0.485 e. The van der Waals surface area contributed by atoms with E-state index in [0.717, 1.165) is 5.56 Å². The number of ether oxygens (including phenoxy) is 2. The second kappa shape index (κ2) is 9.55. The first kappa shape index (κ1) is 23.9. The highest BCUT2D eigenvalue weighted by molar-refractivity contribution is 6.29. The fourth-order valence-corrected chi connectivity index (χ4v) is 4.40. The highest BCUT2D eigenvalue weighted by atomic mass is 35.5. The Labute approximate surface area is 202 Å². The average molecular weight is 485 g/mol. The van der Waals surface area contributed by atoms with Crippen LogP contribution in [0.2, 0.25) is 5.22 Å². The van der Waals surface area contributed by atoms with Gasteiger partial charge in [-0.05, 0) is 63.3 Å². The van der Waals surface area contributed by atoms with Crippen LogP contribution in [0.1, 0.15) is 56.2 Å². The number of halogens is 2. The highest BCUT2D eigenvalue weighted by Crippen LogP contribution is 2.37. The summed E-state index contributed by atoms with van der Waals surface area (Å²) in [5.41, 5.74) is 1.78. The van der Waals surface area contributed by atoms with Crippen LogP contribution in [0.25, 0.3) is 11.0 Å². The van der Waals surface area contributed by atoms with Crippen LogP contribution < -0.4 is 4.74 Å². The molecule has 0 saturated carbocycles. The van der Waals surface area contributed by atoms with E-state index >= 15 is 0 Å². The number of fused-ring (bicyclic) bond motifs is 1. The monoisotopic (exact) mass is 484 g/mol. The van der Waals surface area contributed by atoms with Gasteiger partial charge in [0.1, 0.15) is 17.8 Å². The van der Waals surface area contributed by atoms with Crippen LogP contribution in [0.3, 0.4) is 0 Å². The van der Waals surface area contributed by atoms with Crippen molar-refractivity contribution >= 4 is 28.7 Å². The van der Waals surface area contributed by atoms with E-state index in [1.165, 1.54) is 6.07 Å². The molecule has 0 unspecified atom stereocenters. The van der Waals surface area contributed by atoms with Crippen molar-refractivity contribution in [2.75, 3.05) is 13.1 Å². The molecule has 6 nitrogen and oxygen atoms in total. The Morgan fingerprint density at radius 3 is 2.68 bits per heavy atom. The average Bonchev–Trinajstić information content (AvgIpc) is 3.18. The molecule has 3 aromatic rings. The Balaban J connectivity index is 1.50. The molecule has 178 valence electrons. The van der Waals surface area contributed by atoms with Crippen molar-refractivity contribution in [3.8, 4) is 11.8 Å². The van der Waals surface area contributed by atoms with Gasteiger partial charge >= 0.3 is 6.09 Å². The summed E-state index contributed by atoms with van der Waals surface area (Å²) in [6.07, 6.45) is 1.02. The maximum atomic E-state index is 14.8. The lowest BCUT2D eigenvalue weighted by Crippen LogP contribution is -2.41. The number of para-hydroxylation sites is 1. The molecule has 2 heterocycles. The van der Waals surface area contributed by atoms with E-state index in [9.17, 15) is 14.4 Å². The summed E-state index contributed by atoms with van der Waals surface area (Å²) in [5.74, 6) is -0.216. The molecule has 8 heteroatoms. The predicted molar refractivity (Wildman–Crippen MR) is 126 cm³/mol. The molecule has 4 rings (SSSR count). The number of hydrogen-bond acceptors (Lipinski definition) is 5. The van der Waals surface area contributed by atoms with Crippen molar-refractivity contribution in [2.45, 2.75) is 51.7 Å². The van der Waals surface area contributed by atoms with Gasteiger partial charge in [-0.15, -0.1) is 0 Å². The molecular formula is C26H26ClFN2O4. The zero-order valence-corrected chi connectivity index (χ0v) is 20.1. The third-order valence-electron chi connectivity index (χ3n) is 5.81. The van der Waals surface area contributed by atoms with Gasteiger partial charge in [-0.3, -0.25) is 0 Å². The third-order valence-corrected chi connectivity index (χ3v) is 6.00. The van der Waals surface area contributed by atoms with Crippen LogP contribution >= 0.6 is 11.6 Å². The number of rotatable bonds is 4. The number of nitrogens with zero attached hydrogens (tertiary/aromatic N) is 2. The summed E-state index contributed by atoms with van der Waals surface area (Å²) >= 11 is 6.01. The van der Waals surface area contributed by atoms with Crippen LogP contribution in [0.4, 0.5) is 9.18 Å². The summed E-state index contributed by atoms with van der Waals surface area (Å²) in [6, 6.07) is 12.0. The van der Waals surface area contributed by atoms with E-state index in [2.05, 4.69) is 6.07 Å². The number of hydrogen-bond donors (Lipinski definition) is 0. The van der Waals surface area contributed by atoms with E-state index in [4.69, 9.17) is 25.5 Å². The second-order valence-electron chi connectivity index (χ2n) is 9.37. The quantitative estimate of drug-likeness (QED) is 0.407. The summed E-state index contributed by atoms with van der Waals surface area (Å²) < 4.78 is 31.8. The fourth-order valence-electron chi connectivity index (χ4n) is 4.21. The Kier molecular flexibility index (Phi) is 6.72. The molecule has 1 amide bonds. The maximum Gasteiger partial charge on any atom is 0.410 e. The zero-order chi connectivity index (χ0) is 24.5. The number of nitriles is 1. The van der Waals surface area contributed by atoms with Gasteiger partial charge in [-0.1, -0.05) is 18.2 Å². The number of carbonyl (C=O) groups is 1. The number of furan rings is 1. The van der Waals surface area contributed by atoms with Gasteiger partial charge in [0.05, 0.1) is 11.6 Å². The van der Waals surface area contributed by atoms with Gasteiger partial charge in [0.15, 0.2) is 16.8 Å². The summed E-state index contributed by atoms with van der Waals surface area (Å²) in [7, 11) is 0. The number of carbonyl (C=O) groups excluding carboxylic acids is 1. The summed E-state index contributed by atoms with van der Waals surface area (Å²) in [5, 5.41) is 10.1. The van der Waals surface area contributed by atoms with Gasteiger partial charge in [0.2, 0.25) is 0 Å². The first-order chi connectivity index (χ1) is 16.2. The van der Waals surface area contributed by atoms with Crippen LogP contribution in [-0.4, -0.2) is 29.7 Å². The van der Waals surface area contributed by atoms with Crippen LogP contribution in [-0.2, 0) is 11.3 Å². The maximum absolute atomic E-state index is 14.8. The number of amides is 1. The molecule has 1 aliphatic rings. The van der Waals surface area contributed by atoms with Crippen molar-refractivity contribution in [3.05, 3.63) is 64.1 Å². The molecule has 1 aliphatic heterocycles. The van der Waals surface area contributed by atoms with Gasteiger partial charge in [-0.25, -0.2) is 9.18 Å². The zero-order valence-electron chi connectivity index (χ0n) is 19.4. The molecule has 2 aromatic carbocycles. The molecule has 1 saturated heterocycles. The lowest BCUT2D eigenvalue weighted by atomic mass is 9.89. The fraction of sp³-hybridized carbons (Fsp3) is 0.385. The Morgan fingerprint density at radius 1 is 1.26 bits per heavy atom. The van der Waals surface area contributed by atoms with Crippen LogP contribution in [0.15, 0.2) is 40.8 Å². The normalized spacial score (nSPS) is 14.8. The van der Waals surface area contributed by atoms with E-state index in [-0.39, 0.29) is 29.6 Å². The minimum Gasteiger partial charge on any atom is -0.485 e. The molecule has 0 atom stereocenters. The standard InChI is InChI=1S/C26H26ClFN2O4/c1-26(2,3)34-25(31)30-11-9-16(10-12-30)19-5-4-6-21(28)24(19)32-15-18-8-7-17(14-29)20-13-22(27)33-23(18)20/h4-8,13,16H,9-12,15H2,1-3H3. The molecule has 1 aromatic heterocycles. The van der Waals surface area contributed by atoms with Crippen molar-refractivity contribution in [2.24, 2.45) is 0 Å². The minimum atomic E-state index is -0.549. The van der Waals surface area contributed by atoms with Gasteiger partial charge in [0.25, 0.3) is 0 Å². The van der Waals surface area contributed by atoms with E-state index < -0.39 is 11.4 Å². The van der Waals surface area contributed by atoms with Gasteiger partial charge < -0.3 is 18.8 Å². The van der Waals surface area contributed by atoms with Crippen molar-refractivity contribution in [3.63, 3.8) is 0 Å². The molecule has 1 fully saturated rings. The third kappa shape index (κ3) is 5.13. The van der Waals surface area contributed by atoms with E-state index in [1.54, 1.807) is 29.2 Å². The van der Waals surface area contributed by atoms with E-state index in [1.807, 2.05) is 26.8 Å². The smallest absolute Gasteiger partial charge is 0.410 e. The van der Waals surface area contributed by atoms with Crippen LogP contribution in [0, 0.1) is 17.1 Å².